The molecular weight excluding hydrogens is 344 g/mol. The Balaban J connectivity index is 2.34. The largest absolute Gasteiger partial charge is 0.452 e. The molecule has 0 amide bonds. The van der Waals surface area contributed by atoms with Crippen molar-refractivity contribution in [1.82, 2.24) is 4.31 Å². The molecule has 2 rings (SSSR count). The van der Waals surface area contributed by atoms with Crippen molar-refractivity contribution in [2.75, 3.05) is 6.54 Å². The van der Waals surface area contributed by atoms with E-state index in [1.165, 1.54) is 6.07 Å². The maximum absolute atomic E-state index is 12.8. The first-order valence-electron chi connectivity index (χ1n) is 7.00. The average Bonchev–Trinajstić information content (AvgIpc) is 2.82. The third-order valence-electron chi connectivity index (χ3n) is 3.69. The molecule has 1 fully saturated rings. The molecule has 1 aliphatic rings. The fourth-order valence-electron chi connectivity index (χ4n) is 2.71. The number of furan rings is 1. The van der Waals surface area contributed by atoms with Gasteiger partial charge in [0.05, 0.1) is 6.54 Å². The number of nitrogens with two attached hydrogens (primary N) is 1. The zero-order valence-electron chi connectivity index (χ0n) is 11.6. The Morgan fingerprint density at radius 3 is 2.85 bits per heavy atom. The standard InChI is InChI=1S/C13H21BrN2O3S/c1-2-5-10-6-3-4-7-16(10)20(17,18)12-8-11(9-15)19-13(12)14/h8,10H,2-7,9,15H2,1H3. The molecule has 0 radical (unpaired) electrons. The molecule has 1 unspecified atom stereocenters. The van der Waals surface area contributed by atoms with Crippen LogP contribution in [0.25, 0.3) is 0 Å². The number of sulfonamides is 1. The van der Waals surface area contributed by atoms with Crippen molar-refractivity contribution in [2.45, 2.75) is 56.5 Å². The van der Waals surface area contributed by atoms with Gasteiger partial charge in [-0.3, -0.25) is 0 Å². The van der Waals surface area contributed by atoms with Crippen molar-refractivity contribution in [1.29, 1.82) is 0 Å². The molecule has 0 aromatic carbocycles. The van der Waals surface area contributed by atoms with Crippen LogP contribution in [0.3, 0.4) is 0 Å². The minimum Gasteiger partial charge on any atom is -0.452 e. The zero-order chi connectivity index (χ0) is 14.8. The van der Waals surface area contributed by atoms with E-state index in [1.54, 1.807) is 4.31 Å². The van der Waals surface area contributed by atoms with Crippen LogP contribution < -0.4 is 5.73 Å². The monoisotopic (exact) mass is 364 g/mol. The number of halogens is 1. The molecule has 2 heterocycles. The van der Waals surface area contributed by atoms with Gasteiger partial charge < -0.3 is 10.2 Å². The number of piperidine rings is 1. The highest BCUT2D eigenvalue weighted by Gasteiger charge is 2.35. The van der Waals surface area contributed by atoms with Gasteiger partial charge in [0.15, 0.2) is 4.67 Å². The number of rotatable bonds is 5. The quantitative estimate of drug-likeness (QED) is 0.871. The van der Waals surface area contributed by atoms with Gasteiger partial charge in [0.2, 0.25) is 10.0 Å². The Labute approximate surface area is 128 Å². The van der Waals surface area contributed by atoms with Crippen LogP contribution in [0.15, 0.2) is 20.0 Å². The SMILES string of the molecule is CCCC1CCCCN1S(=O)(=O)c1cc(CN)oc1Br. The van der Waals surface area contributed by atoms with Gasteiger partial charge in [-0.25, -0.2) is 8.42 Å². The molecule has 1 atom stereocenters. The highest BCUT2D eigenvalue weighted by molar-refractivity contribution is 9.10. The molecule has 1 aliphatic heterocycles. The highest BCUT2D eigenvalue weighted by Crippen LogP contribution is 2.33. The molecule has 2 N–H and O–H groups in total. The van der Waals surface area contributed by atoms with Crippen molar-refractivity contribution in [2.24, 2.45) is 5.73 Å². The molecule has 0 bridgehead atoms. The molecule has 0 saturated carbocycles. The normalized spacial score (nSPS) is 21.2. The van der Waals surface area contributed by atoms with E-state index in [0.717, 1.165) is 32.1 Å². The van der Waals surface area contributed by atoms with Gasteiger partial charge in [-0.05, 0) is 35.2 Å². The van der Waals surface area contributed by atoms with Crippen molar-refractivity contribution >= 4 is 26.0 Å². The van der Waals surface area contributed by atoms with Crippen LogP contribution in [0, 0.1) is 0 Å². The zero-order valence-corrected chi connectivity index (χ0v) is 14.0. The summed E-state index contributed by atoms with van der Waals surface area (Å²) in [5.74, 6) is 0.472. The lowest BCUT2D eigenvalue weighted by molar-refractivity contribution is 0.239. The summed E-state index contributed by atoms with van der Waals surface area (Å²) in [5, 5.41) is 0. The van der Waals surface area contributed by atoms with E-state index in [-0.39, 0.29) is 22.2 Å². The maximum atomic E-state index is 12.8. The van der Waals surface area contributed by atoms with E-state index in [9.17, 15) is 8.42 Å². The summed E-state index contributed by atoms with van der Waals surface area (Å²) < 4.78 is 32.8. The first-order chi connectivity index (χ1) is 9.50. The van der Waals surface area contributed by atoms with E-state index in [1.807, 2.05) is 0 Å². The summed E-state index contributed by atoms with van der Waals surface area (Å²) >= 11 is 3.19. The van der Waals surface area contributed by atoms with Gasteiger partial charge in [0.1, 0.15) is 10.7 Å². The molecule has 1 saturated heterocycles. The second-order valence-electron chi connectivity index (χ2n) is 5.11. The van der Waals surface area contributed by atoms with Gasteiger partial charge >= 0.3 is 0 Å². The van der Waals surface area contributed by atoms with Crippen LogP contribution in [-0.4, -0.2) is 25.3 Å². The van der Waals surface area contributed by atoms with Crippen LogP contribution in [0.1, 0.15) is 44.8 Å². The van der Waals surface area contributed by atoms with Gasteiger partial charge in [0.25, 0.3) is 0 Å². The highest BCUT2D eigenvalue weighted by atomic mass is 79.9. The van der Waals surface area contributed by atoms with E-state index in [0.29, 0.717) is 12.3 Å². The van der Waals surface area contributed by atoms with Gasteiger partial charge in [-0.1, -0.05) is 19.8 Å². The van der Waals surface area contributed by atoms with Gasteiger partial charge in [-0.15, -0.1) is 0 Å². The Bertz CT molecular complexity index is 554. The molecule has 114 valence electrons. The molecule has 20 heavy (non-hydrogen) atoms. The van der Waals surface area contributed by atoms with Crippen LogP contribution >= 0.6 is 15.9 Å². The number of hydrogen-bond acceptors (Lipinski definition) is 4. The fourth-order valence-corrected chi connectivity index (χ4v) is 5.40. The van der Waals surface area contributed by atoms with E-state index >= 15 is 0 Å². The lowest BCUT2D eigenvalue weighted by atomic mass is 10.0. The Morgan fingerprint density at radius 2 is 2.25 bits per heavy atom. The Morgan fingerprint density at radius 1 is 1.50 bits per heavy atom. The first-order valence-corrected chi connectivity index (χ1v) is 9.24. The van der Waals surface area contributed by atoms with Crippen molar-refractivity contribution in [3.8, 4) is 0 Å². The summed E-state index contributed by atoms with van der Waals surface area (Å²) in [4.78, 5) is 0.195. The molecular formula is C13H21BrN2O3S. The topological polar surface area (TPSA) is 76.5 Å². The summed E-state index contributed by atoms with van der Waals surface area (Å²) in [6.07, 6.45) is 4.83. The summed E-state index contributed by atoms with van der Waals surface area (Å²) in [5.41, 5.74) is 5.51. The predicted octanol–water partition coefficient (Wildman–Crippen LogP) is 2.84. The smallest absolute Gasteiger partial charge is 0.247 e. The van der Waals surface area contributed by atoms with Crippen LogP contribution in [0.4, 0.5) is 0 Å². The van der Waals surface area contributed by atoms with E-state index < -0.39 is 10.0 Å². The molecule has 0 spiro atoms. The first kappa shape index (κ1) is 16.0. The Kier molecular flexibility index (Phi) is 5.28. The molecule has 0 aliphatic carbocycles. The lowest BCUT2D eigenvalue weighted by Crippen LogP contribution is -2.43. The molecule has 1 aromatic heterocycles. The molecule has 1 aromatic rings. The van der Waals surface area contributed by atoms with Crippen molar-refractivity contribution < 1.29 is 12.8 Å². The minimum absolute atomic E-state index is 0.0990. The second-order valence-corrected chi connectivity index (χ2v) is 7.69. The van der Waals surface area contributed by atoms with E-state index in [4.69, 9.17) is 10.2 Å². The van der Waals surface area contributed by atoms with Crippen LogP contribution in [-0.2, 0) is 16.6 Å². The maximum Gasteiger partial charge on any atom is 0.247 e. The number of nitrogens with zero attached hydrogens (tertiary/aromatic N) is 1. The van der Waals surface area contributed by atoms with Crippen LogP contribution in [0.5, 0.6) is 0 Å². The summed E-state index contributed by atoms with van der Waals surface area (Å²) in [6.45, 7) is 2.86. The van der Waals surface area contributed by atoms with Gasteiger partial charge in [0, 0.05) is 18.7 Å². The third-order valence-corrected chi connectivity index (χ3v) is 6.50. The van der Waals surface area contributed by atoms with Gasteiger partial charge in [-0.2, -0.15) is 4.31 Å². The van der Waals surface area contributed by atoms with Crippen molar-refractivity contribution in [3.05, 3.63) is 16.5 Å². The van der Waals surface area contributed by atoms with E-state index in [2.05, 4.69) is 22.9 Å². The summed E-state index contributed by atoms with van der Waals surface area (Å²) in [6, 6.07) is 1.62. The second kappa shape index (κ2) is 6.60. The fraction of sp³-hybridized carbons (Fsp3) is 0.692. The minimum atomic E-state index is -3.52. The third kappa shape index (κ3) is 3.10. The lowest BCUT2D eigenvalue weighted by Gasteiger charge is -2.34. The number of hydrogen-bond donors (Lipinski definition) is 1. The molecule has 7 heteroatoms. The predicted molar refractivity (Wildman–Crippen MR) is 80.7 cm³/mol. The Hall–Kier alpha value is -0.370. The van der Waals surface area contributed by atoms with Crippen LogP contribution in [0.2, 0.25) is 0 Å². The average molecular weight is 365 g/mol. The van der Waals surface area contributed by atoms with Crippen molar-refractivity contribution in [3.63, 3.8) is 0 Å². The molecule has 5 nitrogen and oxygen atoms in total. The summed E-state index contributed by atoms with van der Waals surface area (Å²) in [7, 11) is -3.52.